The summed E-state index contributed by atoms with van der Waals surface area (Å²) in [5.74, 6) is 0. The minimum atomic E-state index is -1.02. The Hall–Kier alpha value is -2.80. The zero-order valence-corrected chi connectivity index (χ0v) is 15.4. The van der Waals surface area contributed by atoms with E-state index in [4.69, 9.17) is 23.2 Å². The zero-order valence-electron chi connectivity index (χ0n) is 13.9. The molecule has 0 radical (unpaired) electrons. The highest BCUT2D eigenvalue weighted by Crippen LogP contribution is 2.26. The Morgan fingerprint density at radius 2 is 1.78 bits per heavy atom. The molecule has 4 rings (SSSR count). The number of aromatic amines is 1. The van der Waals surface area contributed by atoms with Crippen LogP contribution in [-0.2, 0) is 0 Å². The number of aliphatic hydroxyl groups excluding tert-OH is 1. The number of halogens is 2. The lowest BCUT2D eigenvalue weighted by Gasteiger charge is -2.14. The van der Waals surface area contributed by atoms with Gasteiger partial charge in [-0.25, -0.2) is 9.36 Å². The minimum Gasteiger partial charge on any atom is -0.382 e. The van der Waals surface area contributed by atoms with Crippen molar-refractivity contribution in [2.45, 2.75) is 6.10 Å². The molecule has 2 heterocycles. The quantitative estimate of drug-likeness (QED) is 0.547. The number of aromatic nitrogens is 4. The molecular formula is C19H14Cl2N4O2. The van der Waals surface area contributed by atoms with Gasteiger partial charge in [-0.1, -0.05) is 41.4 Å². The second-order valence-electron chi connectivity index (χ2n) is 5.88. The molecule has 2 N–H and O–H groups in total. The molecule has 0 aliphatic carbocycles. The molecule has 0 spiro atoms. The molecule has 6 nitrogen and oxygen atoms in total. The fourth-order valence-electron chi connectivity index (χ4n) is 2.83. The van der Waals surface area contributed by atoms with E-state index in [-0.39, 0.29) is 10.6 Å². The molecule has 0 saturated carbocycles. The Bertz CT molecular complexity index is 1140. The van der Waals surface area contributed by atoms with Crippen LogP contribution in [0.1, 0.15) is 17.4 Å². The van der Waals surface area contributed by atoms with Crippen LogP contribution in [0.15, 0.2) is 71.8 Å². The van der Waals surface area contributed by atoms with Crippen LogP contribution < -0.4 is 5.56 Å². The van der Waals surface area contributed by atoms with E-state index in [0.717, 1.165) is 5.69 Å². The van der Waals surface area contributed by atoms with Crippen LogP contribution in [-0.4, -0.2) is 24.7 Å². The highest BCUT2D eigenvalue weighted by atomic mass is 35.5. The van der Waals surface area contributed by atoms with E-state index < -0.39 is 6.10 Å². The monoisotopic (exact) mass is 400 g/mol. The molecule has 1 unspecified atom stereocenters. The number of nitrogens with one attached hydrogen (secondary N) is 1. The van der Waals surface area contributed by atoms with E-state index >= 15 is 0 Å². The molecule has 0 aliphatic heterocycles. The predicted octanol–water partition coefficient (Wildman–Crippen LogP) is 3.74. The molecule has 2 aromatic carbocycles. The summed E-state index contributed by atoms with van der Waals surface area (Å²) in [4.78, 5) is 12.2. The van der Waals surface area contributed by atoms with Crippen LogP contribution in [0.25, 0.3) is 11.4 Å². The van der Waals surface area contributed by atoms with E-state index in [0.29, 0.717) is 22.0 Å². The lowest BCUT2D eigenvalue weighted by atomic mass is 10.0. The van der Waals surface area contributed by atoms with Gasteiger partial charge in [0.05, 0.1) is 17.1 Å². The third-order valence-corrected chi connectivity index (χ3v) is 4.70. The van der Waals surface area contributed by atoms with Crippen LogP contribution in [0, 0.1) is 0 Å². The number of para-hydroxylation sites is 1. The fraction of sp³-hybridized carbons (Fsp3) is 0.0526. The van der Waals surface area contributed by atoms with Gasteiger partial charge in [0.15, 0.2) is 0 Å². The topological polar surface area (TPSA) is 75.8 Å². The van der Waals surface area contributed by atoms with Crippen molar-refractivity contribution in [2.75, 3.05) is 0 Å². The Kier molecular flexibility index (Phi) is 4.61. The van der Waals surface area contributed by atoms with Crippen molar-refractivity contribution in [3.05, 3.63) is 98.6 Å². The summed E-state index contributed by atoms with van der Waals surface area (Å²) in [6.45, 7) is 0. The van der Waals surface area contributed by atoms with Gasteiger partial charge < -0.3 is 5.11 Å². The molecular weight excluding hydrogens is 387 g/mol. The van der Waals surface area contributed by atoms with E-state index in [1.54, 1.807) is 53.3 Å². The number of hydrogen-bond donors (Lipinski definition) is 2. The van der Waals surface area contributed by atoms with Crippen LogP contribution in [0.3, 0.4) is 0 Å². The van der Waals surface area contributed by atoms with Crippen molar-refractivity contribution in [3.8, 4) is 11.4 Å². The van der Waals surface area contributed by atoms with E-state index in [1.807, 2.05) is 12.1 Å². The normalized spacial score (nSPS) is 12.3. The van der Waals surface area contributed by atoms with Crippen molar-refractivity contribution in [1.82, 2.24) is 19.6 Å². The van der Waals surface area contributed by atoms with Gasteiger partial charge >= 0.3 is 0 Å². The van der Waals surface area contributed by atoms with Crippen molar-refractivity contribution >= 4 is 23.2 Å². The maximum absolute atomic E-state index is 12.2. The van der Waals surface area contributed by atoms with E-state index in [1.165, 1.54) is 10.9 Å². The number of nitrogens with zero attached hydrogens (tertiary/aromatic N) is 3. The minimum absolute atomic E-state index is 0.0753. The van der Waals surface area contributed by atoms with Crippen molar-refractivity contribution < 1.29 is 5.11 Å². The third-order valence-electron chi connectivity index (χ3n) is 4.18. The molecule has 8 heteroatoms. The lowest BCUT2D eigenvalue weighted by Crippen LogP contribution is -2.17. The molecule has 1 atom stereocenters. The standard InChI is InChI=1S/C19H14Cl2N4O2/c20-12-5-7-13(8-6-12)24-10-9-16(23-24)18(26)14-3-1-2-4-17(14)25-19(27)15(21)11-22-25/h1-11,18,22,26H. The Morgan fingerprint density at radius 1 is 1.04 bits per heavy atom. The summed E-state index contributed by atoms with van der Waals surface area (Å²) in [7, 11) is 0. The summed E-state index contributed by atoms with van der Waals surface area (Å²) in [6.07, 6.45) is 2.13. The van der Waals surface area contributed by atoms with Gasteiger partial charge in [-0.05, 0) is 36.4 Å². The number of aliphatic hydroxyl groups is 1. The van der Waals surface area contributed by atoms with Gasteiger partial charge in [0.2, 0.25) is 0 Å². The first-order valence-electron chi connectivity index (χ1n) is 8.09. The SMILES string of the molecule is O=c1c(Cl)c[nH]n1-c1ccccc1C(O)c1ccn(-c2ccc(Cl)cc2)n1. The van der Waals surface area contributed by atoms with Gasteiger partial charge in [0.1, 0.15) is 11.1 Å². The summed E-state index contributed by atoms with van der Waals surface area (Å²) in [5, 5.41) is 18.8. The predicted molar refractivity (Wildman–Crippen MR) is 104 cm³/mol. The smallest absolute Gasteiger partial charge is 0.289 e. The number of hydrogen-bond acceptors (Lipinski definition) is 3. The summed E-state index contributed by atoms with van der Waals surface area (Å²) in [6, 6.07) is 16.0. The number of benzene rings is 2. The maximum Gasteiger partial charge on any atom is 0.289 e. The highest BCUT2D eigenvalue weighted by Gasteiger charge is 2.19. The largest absolute Gasteiger partial charge is 0.382 e. The molecule has 4 aromatic rings. The second-order valence-corrected chi connectivity index (χ2v) is 6.73. The van der Waals surface area contributed by atoms with Gasteiger partial charge in [-0.3, -0.25) is 9.89 Å². The Labute approximate surface area is 164 Å². The molecule has 0 fully saturated rings. The second kappa shape index (κ2) is 7.08. The van der Waals surface area contributed by atoms with Gasteiger partial charge in [0, 0.05) is 23.0 Å². The van der Waals surface area contributed by atoms with Gasteiger partial charge in [-0.15, -0.1) is 0 Å². The number of H-pyrrole nitrogens is 1. The lowest BCUT2D eigenvalue weighted by molar-refractivity contribution is 0.214. The zero-order chi connectivity index (χ0) is 19.0. The molecule has 2 aromatic heterocycles. The van der Waals surface area contributed by atoms with Crippen molar-refractivity contribution in [1.29, 1.82) is 0 Å². The first kappa shape index (κ1) is 17.6. The van der Waals surface area contributed by atoms with Crippen LogP contribution >= 0.6 is 23.2 Å². The fourth-order valence-corrected chi connectivity index (χ4v) is 3.09. The molecule has 0 amide bonds. The molecule has 136 valence electrons. The molecule has 0 bridgehead atoms. The Morgan fingerprint density at radius 3 is 2.48 bits per heavy atom. The summed E-state index contributed by atoms with van der Waals surface area (Å²) < 4.78 is 2.94. The van der Waals surface area contributed by atoms with E-state index in [9.17, 15) is 9.90 Å². The Balaban J connectivity index is 1.72. The first-order chi connectivity index (χ1) is 13.0. The third kappa shape index (κ3) is 3.30. The van der Waals surface area contributed by atoms with Crippen LogP contribution in [0.5, 0.6) is 0 Å². The van der Waals surface area contributed by atoms with E-state index in [2.05, 4.69) is 10.2 Å². The molecule has 0 aliphatic rings. The first-order valence-corrected chi connectivity index (χ1v) is 8.85. The average Bonchev–Trinajstić information content (AvgIpc) is 3.30. The average molecular weight is 401 g/mol. The van der Waals surface area contributed by atoms with Crippen molar-refractivity contribution in [3.63, 3.8) is 0 Å². The summed E-state index contributed by atoms with van der Waals surface area (Å²) in [5.41, 5.74) is 1.91. The van der Waals surface area contributed by atoms with Gasteiger partial charge in [0.25, 0.3) is 5.56 Å². The van der Waals surface area contributed by atoms with Crippen LogP contribution in [0.2, 0.25) is 10.0 Å². The number of rotatable bonds is 4. The maximum atomic E-state index is 12.2. The molecule has 27 heavy (non-hydrogen) atoms. The van der Waals surface area contributed by atoms with Crippen LogP contribution in [0.4, 0.5) is 0 Å². The molecule has 0 saturated heterocycles. The highest BCUT2D eigenvalue weighted by molar-refractivity contribution is 6.30. The summed E-state index contributed by atoms with van der Waals surface area (Å²) >= 11 is 11.8. The van der Waals surface area contributed by atoms with Crippen molar-refractivity contribution in [2.24, 2.45) is 0 Å². The van der Waals surface area contributed by atoms with Gasteiger partial charge in [-0.2, -0.15) is 5.10 Å².